The lowest BCUT2D eigenvalue weighted by atomic mass is 10.0. The molecule has 112 valence electrons. The number of anilines is 1. The van der Waals surface area contributed by atoms with Gasteiger partial charge in [0.15, 0.2) is 5.82 Å². The van der Waals surface area contributed by atoms with E-state index in [1.165, 1.54) is 24.6 Å². The summed E-state index contributed by atoms with van der Waals surface area (Å²) in [5.41, 5.74) is 0. The van der Waals surface area contributed by atoms with Crippen molar-refractivity contribution in [3.63, 3.8) is 0 Å². The lowest BCUT2D eigenvalue weighted by molar-refractivity contribution is 0.392. The summed E-state index contributed by atoms with van der Waals surface area (Å²) < 4.78 is 0. The summed E-state index contributed by atoms with van der Waals surface area (Å²) in [7, 11) is 0. The van der Waals surface area contributed by atoms with E-state index >= 15 is 0 Å². The minimum absolute atomic E-state index is 0.411. The van der Waals surface area contributed by atoms with Gasteiger partial charge in [-0.15, -0.1) is 5.10 Å². The van der Waals surface area contributed by atoms with Crippen molar-refractivity contribution in [1.29, 1.82) is 0 Å². The fourth-order valence-corrected chi connectivity index (χ4v) is 3.08. The molecule has 0 aliphatic carbocycles. The highest BCUT2D eigenvalue weighted by Gasteiger charge is 2.21. The van der Waals surface area contributed by atoms with E-state index in [2.05, 4.69) is 58.5 Å². The molecule has 0 bridgehead atoms. The number of nitrogens with zero attached hydrogens (tertiary/aromatic N) is 3. The molecule has 21 heavy (non-hydrogen) atoms. The number of hydrogen-bond donors (Lipinski definition) is 1. The average Bonchev–Trinajstić information content (AvgIpc) is 2.53. The third-order valence-electron chi connectivity index (χ3n) is 4.28. The van der Waals surface area contributed by atoms with Gasteiger partial charge in [0, 0.05) is 29.4 Å². The number of rotatable bonds is 4. The maximum Gasteiger partial charge on any atom is 0.159 e. The van der Waals surface area contributed by atoms with Crippen LogP contribution in [0.25, 0.3) is 10.8 Å². The van der Waals surface area contributed by atoms with Crippen LogP contribution in [0.3, 0.4) is 0 Å². The Morgan fingerprint density at radius 2 is 2.14 bits per heavy atom. The van der Waals surface area contributed by atoms with Crippen molar-refractivity contribution in [2.24, 2.45) is 0 Å². The molecule has 0 saturated carbocycles. The van der Waals surface area contributed by atoms with Gasteiger partial charge in [0.1, 0.15) is 0 Å². The Balaban J connectivity index is 1.91. The normalized spacial score (nSPS) is 19.1. The SMILES string of the molecule is CC(C)N(CC1CCCCN1)c1nncc2ccccc12. The Morgan fingerprint density at radius 1 is 1.29 bits per heavy atom. The maximum atomic E-state index is 4.44. The van der Waals surface area contributed by atoms with E-state index in [1.807, 2.05) is 6.20 Å². The van der Waals surface area contributed by atoms with E-state index in [4.69, 9.17) is 0 Å². The second-order valence-corrected chi connectivity index (χ2v) is 6.15. The molecule has 2 aromatic rings. The van der Waals surface area contributed by atoms with Crippen LogP contribution in [-0.2, 0) is 0 Å². The smallest absolute Gasteiger partial charge is 0.159 e. The number of hydrogen-bond acceptors (Lipinski definition) is 4. The monoisotopic (exact) mass is 284 g/mol. The molecule has 2 heterocycles. The van der Waals surface area contributed by atoms with Gasteiger partial charge in [0.05, 0.1) is 6.20 Å². The third kappa shape index (κ3) is 3.16. The summed E-state index contributed by atoms with van der Waals surface area (Å²) >= 11 is 0. The second-order valence-electron chi connectivity index (χ2n) is 6.15. The summed E-state index contributed by atoms with van der Waals surface area (Å²) in [5.74, 6) is 1.01. The molecule has 0 spiro atoms. The molecular weight excluding hydrogens is 260 g/mol. The van der Waals surface area contributed by atoms with Gasteiger partial charge in [-0.05, 0) is 33.2 Å². The average molecular weight is 284 g/mol. The van der Waals surface area contributed by atoms with E-state index < -0.39 is 0 Å². The first-order chi connectivity index (χ1) is 10.3. The van der Waals surface area contributed by atoms with Crippen LogP contribution in [-0.4, -0.2) is 35.4 Å². The molecule has 1 saturated heterocycles. The molecule has 4 nitrogen and oxygen atoms in total. The highest BCUT2D eigenvalue weighted by atomic mass is 15.3. The zero-order valence-electron chi connectivity index (χ0n) is 12.9. The van der Waals surface area contributed by atoms with E-state index in [1.54, 1.807) is 0 Å². The fourth-order valence-electron chi connectivity index (χ4n) is 3.08. The molecule has 0 radical (unpaired) electrons. The first-order valence-corrected chi connectivity index (χ1v) is 7.96. The van der Waals surface area contributed by atoms with Crippen LogP contribution in [0.5, 0.6) is 0 Å². The van der Waals surface area contributed by atoms with E-state index in [-0.39, 0.29) is 0 Å². The van der Waals surface area contributed by atoms with Crippen molar-refractivity contribution < 1.29 is 0 Å². The first kappa shape index (κ1) is 14.3. The molecule has 4 heteroatoms. The summed E-state index contributed by atoms with van der Waals surface area (Å²) in [6, 6.07) is 9.34. The Kier molecular flexibility index (Phi) is 4.34. The Bertz CT molecular complexity index is 585. The number of piperidine rings is 1. The molecule has 1 aliphatic heterocycles. The van der Waals surface area contributed by atoms with Crippen molar-refractivity contribution in [2.45, 2.75) is 45.2 Å². The second kappa shape index (κ2) is 6.39. The molecule has 1 atom stereocenters. The van der Waals surface area contributed by atoms with Crippen LogP contribution in [0.4, 0.5) is 5.82 Å². The summed E-state index contributed by atoms with van der Waals surface area (Å²) in [6.07, 6.45) is 5.72. The molecule has 1 unspecified atom stereocenters. The highest BCUT2D eigenvalue weighted by molar-refractivity contribution is 5.91. The quantitative estimate of drug-likeness (QED) is 0.937. The third-order valence-corrected chi connectivity index (χ3v) is 4.28. The van der Waals surface area contributed by atoms with Gasteiger partial charge in [-0.1, -0.05) is 30.7 Å². The number of benzene rings is 1. The minimum Gasteiger partial charge on any atom is -0.351 e. The van der Waals surface area contributed by atoms with Crippen LogP contribution in [0.1, 0.15) is 33.1 Å². The van der Waals surface area contributed by atoms with Gasteiger partial charge < -0.3 is 10.2 Å². The zero-order valence-corrected chi connectivity index (χ0v) is 12.9. The predicted octanol–water partition coefficient (Wildman–Crippen LogP) is 2.99. The van der Waals surface area contributed by atoms with Crippen LogP contribution >= 0.6 is 0 Å². The van der Waals surface area contributed by atoms with Crippen LogP contribution in [0, 0.1) is 0 Å². The number of fused-ring (bicyclic) bond motifs is 1. The van der Waals surface area contributed by atoms with Crippen molar-refractivity contribution in [2.75, 3.05) is 18.0 Å². The molecule has 1 aromatic heterocycles. The van der Waals surface area contributed by atoms with Gasteiger partial charge in [-0.2, -0.15) is 5.10 Å². The molecule has 1 N–H and O–H groups in total. The lowest BCUT2D eigenvalue weighted by Gasteiger charge is -2.34. The summed E-state index contributed by atoms with van der Waals surface area (Å²) in [6.45, 7) is 6.59. The van der Waals surface area contributed by atoms with Gasteiger partial charge >= 0.3 is 0 Å². The first-order valence-electron chi connectivity index (χ1n) is 7.96. The zero-order chi connectivity index (χ0) is 14.7. The van der Waals surface area contributed by atoms with Crippen molar-refractivity contribution in [3.8, 4) is 0 Å². The number of aromatic nitrogens is 2. The van der Waals surface area contributed by atoms with E-state index in [9.17, 15) is 0 Å². The van der Waals surface area contributed by atoms with E-state index in [0.29, 0.717) is 12.1 Å². The molecular formula is C17H24N4. The molecule has 1 aliphatic rings. The Hall–Kier alpha value is -1.68. The molecule has 1 aromatic carbocycles. The maximum absolute atomic E-state index is 4.44. The van der Waals surface area contributed by atoms with Crippen molar-refractivity contribution in [3.05, 3.63) is 30.5 Å². The highest BCUT2D eigenvalue weighted by Crippen LogP contribution is 2.25. The molecule has 3 rings (SSSR count). The van der Waals surface area contributed by atoms with Crippen molar-refractivity contribution >= 4 is 16.6 Å². The summed E-state index contributed by atoms with van der Waals surface area (Å²) in [4.78, 5) is 2.39. The van der Waals surface area contributed by atoms with Crippen LogP contribution in [0.2, 0.25) is 0 Å². The topological polar surface area (TPSA) is 41.0 Å². The van der Waals surface area contributed by atoms with Gasteiger partial charge in [-0.3, -0.25) is 0 Å². The van der Waals surface area contributed by atoms with Gasteiger partial charge in [0.2, 0.25) is 0 Å². The Labute approximate surface area is 126 Å². The lowest BCUT2D eigenvalue weighted by Crippen LogP contribution is -2.46. The Morgan fingerprint density at radius 3 is 2.90 bits per heavy atom. The van der Waals surface area contributed by atoms with Crippen molar-refractivity contribution in [1.82, 2.24) is 15.5 Å². The predicted molar refractivity (Wildman–Crippen MR) is 87.7 cm³/mol. The van der Waals surface area contributed by atoms with E-state index in [0.717, 1.165) is 24.3 Å². The summed E-state index contributed by atoms with van der Waals surface area (Å²) in [5, 5.41) is 14.6. The van der Waals surface area contributed by atoms with Gasteiger partial charge in [-0.25, -0.2) is 0 Å². The minimum atomic E-state index is 0.411. The van der Waals surface area contributed by atoms with Crippen LogP contribution in [0.15, 0.2) is 30.5 Å². The largest absolute Gasteiger partial charge is 0.351 e. The number of nitrogens with one attached hydrogen (secondary N) is 1. The molecule has 0 amide bonds. The van der Waals surface area contributed by atoms with Gasteiger partial charge in [0.25, 0.3) is 0 Å². The van der Waals surface area contributed by atoms with Crippen LogP contribution < -0.4 is 10.2 Å². The molecule has 1 fully saturated rings. The standard InChI is InChI=1S/C17H24N4/c1-13(2)21(12-15-8-5-6-10-18-15)17-16-9-4-3-7-14(16)11-19-20-17/h3-4,7,9,11,13,15,18H,5-6,8,10,12H2,1-2H3. The fraction of sp³-hybridized carbons (Fsp3) is 0.529.